The van der Waals surface area contributed by atoms with Crippen LogP contribution in [0.3, 0.4) is 0 Å². The van der Waals surface area contributed by atoms with E-state index in [9.17, 15) is 0 Å². The van der Waals surface area contributed by atoms with Crippen molar-refractivity contribution in [2.24, 2.45) is 5.92 Å². The van der Waals surface area contributed by atoms with Gasteiger partial charge in [-0.3, -0.25) is 0 Å². The van der Waals surface area contributed by atoms with E-state index in [0.29, 0.717) is 5.92 Å². The van der Waals surface area contributed by atoms with Crippen molar-refractivity contribution in [1.82, 2.24) is 0 Å². The van der Waals surface area contributed by atoms with Crippen molar-refractivity contribution in [3.8, 4) is 11.1 Å². The lowest BCUT2D eigenvalue weighted by atomic mass is 9.86. The van der Waals surface area contributed by atoms with Crippen LogP contribution in [-0.4, -0.2) is 0 Å². The Morgan fingerprint density at radius 2 is 1.20 bits per heavy atom. The summed E-state index contributed by atoms with van der Waals surface area (Å²) in [5.41, 5.74) is 5.64. The molecule has 0 atom stereocenters. The van der Waals surface area contributed by atoms with Crippen LogP contribution in [0.15, 0.2) is 48.5 Å². The van der Waals surface area contributed by atoms with Gasteiger partial charge in [0.15, 0.2) is 0 Å². The van der Waals surface area contributed by atoms with Crippen LogP contribution in [0.1, 0.15) is 45.7 Å². The molecule has 2 rings (SSSR count). The molecule has 0 nitrogen and oxygen atoms in total. The van der Waals surface area contributed by atoms with E-state index in [1.807, 2.05) is 0 Å². The van der Waals surface area contributed by atoms with E-state index in [4.69, 9.17) is 0 Å². The summed E-state index contributed by atoms with van der Waals surface area (Å²) < 4.78 is 0. The molecule has 0 radical (unpaired) electrons. The van der Waals surface area contributed by atoms with Crippen molar-refractivity contribution >= 4 is 0 Å². The third-order valence-corrected chi connectivity index (χ3v) is 3.68. The zero-order chi connectivity index (χ0) is 14.8. The van der Waals surface area contributed by atoms with E-state index in [1.54, 1.807) is 0 Å². The molecule has 0 spiro atoms. The van der Waals surface area contributed by atoms with Gasteiger partial charge in [-0.25, -0.2) is 0 Å². The van der Waals surface area contributed by atoms with Gasteiger partial charge in [0, 0.05) is 0 Å². The number of benzene rings is 2. The highest BCUT2D eigenvalue weighted by molar-refractivity contribution is 5.64. The van der Waals surface area contributed by atoms with Crippen molar-refractivity contribution in [2.45, 2.75) is 46.5 Å². The molecule has 2 aromatic carbocycles. The summed E-state index contributed by atoms with van der Waals surface area (Å²) in [5.74, 6) is 0.715. The first-order chi connectivity index (χ1) is 9.36. The zero-order valence-electron chi connectivity index (χ0n) is 13.4. The van der Waals surface area contributed by atoms with Crippen LogP contribution >= 0.6 is 0 Å². The Morgan fingerprint density at radius 1 is 0.750 bits per heavy atom. The van der Waals surface area contributed by atoms with Gasteiger partial charge in [-0.05, 0) is 40.0 Å². The Morgan fingerprint density at radius 3 is 1.60 bits per heavy atom. The Hall–Kier alpha value is -1.56. The van der Waals surface area contributed by atoms with Gasteiger partial charge in [-0.15, -0.1) is 0 Å². The molecule has 0 aliphatic heterocycles. The molecule has 0 fully saturated rings. The lowest BCUT2D eigenvalue weighted by molar-refractivity contribution is 0.590. The second kappa shape index (κ2) is 5.83. The van der Waals surface area contributed by atoms with Gasteiger partial charge in [0.1, 0.15) is 0 Å². The molecule has 0 heterocycles. The fourth-order valence-corrected chi connectivity index (χ4v) is 2.47. The van der Waals surface area contributed by atoms with E-state index in [1.165, 1.54) is 22.3 Å². The van der Waals surface area contributed by atoms with Crippen LogP contribution in [0.4, 0.5) is 0 Å². The van der Waals surface area contributed by atoms with E-state index in [0.717, 1.165) is 6.42 Å². The van der Waals surface area contributed by atoms with Gasteiger partial charge >= 0.3 is 0 Å². The summed E-state index contributed by atoms with van der Waals surface area (Å²) in [5, 5.41) is 0. The minimum atomic E-state index is 0.222. The SMILES string of the molecule is CC(C)Cc1ccc(-c2ccc(C(C)(C)C)cc2)cc1. The Bertz CT molecular complexity index is 536. The third kappa shape index (κ3) is 3.72. The molecule has 0 saturated carbocycles. The minimum absolute atomic E-state index is 0.222. The summed E-state index contributed by atoms with van der Waals surface area (Å²) in [6, 6.07) is 18.0. The minimum Gasteiger partial charge on any atom is -0.0625 e. The van der Waals surface area contributed by atoms with Crippen molar-refractivity contribution < 1.29 is 0 Å². The molecular formula is C20H26. The molecule has 0 bridgehead atoms. The van der Waals surface area contributed by atoms with Crippen molar-refractivity contribution in [3.63, 3.8) is 0 Å². The second-order valence-corrected chi connectivity index (χ2v) is 7.12. The highest BCUT2D eigenvalue weighted by Crippen LogP contribution is 2.26. The largest absolute Gasteiger partial charge is 0.0625 e. The van der Waals surface area contributed by atoms with E-state index in [2.05, 4.69) is 83.1 Å². The van der Waals surface area contributed by atoms with Crippen molar-refractivity contribution in [1.29, 1.82) is 0 Å². The topological polar surface area (TPSA) is 0 Å². The fourth-order valence-electron chi connectivity index (χ4n) is 2.47. The zero-order valence-corrected chi connectivity index (χ0v) is 13.4. The Kier molecular flexibility index (Phi) is 4.32. The summed E-state index contributed by atoms with van der Waals surface area (Å²) in [4.78, 5) is 0. The maximum atomic E-state index is 2.26. The average Bonchev–Trinajstić information content (AvgIpc) is 2.38. The molecule has 0 aliphatic rings. The number of hydrogen-bond acceptors (Lipinski definition) is 0. The van der Waals surface area contributed by atoms with Gasteiger partial charge in [0.2, 0.25) is 0 Å². The molecule has 0 saturated heterocycles. The summed E-state index contributed by atoms with van der Waals surface area (Å²) in [7, 11) is 0. The molecule has 0 amide bonds. The van der Waals surface area contributed by atoms with Crippen molar-refractivity contribution in [3.05, 3.63) is 59.7 Å². The van der Waals surface area contributed by atoms with Gasteiger partial charge in [-0.2, -0.15) is 0 Å². The maximum Gasteiger partial charge on any atom is -0.0132 e. The van der Waals surface area contributed by atoms with Crippen LogP contribution < -0.4 is 0 Å². The van der Waals surface area contributed by atoms with Crippen LogP contribution in [0.5, 0.6) is 0 Å². The lowest BCUT2D eigenvalue weighted by Gasteiger charge is -2.19. The molecule has 2 aromatic rings. The van der Waals surface area contributed by atoms with Crippen molar-refractivity contribution in [2.75, 3.05) is 0 Å². The maximum absolute atomic E-state index is 2.26. The Labute approximate surface area is 123 Å². The van der Waals surface area contributed by atoms with Gasteiger partial charge in [-0.1, -0.05) is 83.1 Å². The summed E-state index contributed by atoms with van der Waals surface area (Å²) in [6.07, 6.45) is 1.16. The molecule has 0 unspecified atom stereocenters. The van der Waals surface area contributed by atoms with Crippen LogP contribution in [0.25, 0.3) is 11.1 Å². The molecule has 0 heteroatoms. The summed E-state index contributed by atoms with van der Waals surface area (Å²) in [6.45, 7) is 11.3. The van der Waals surface area contributed by atoms with Gasteiger partial charge in [0.05, 0.1) is 0 Å². The van der Waals surface area contributed by atoms with Crippen LogP contribution in [0, 0.1) is 5.92 Å². The highest BCUT2D eigenvalue weighted by Gasteiger charge is 2.12. The molecule has 0 N–H and O–H groups in total. The molecule has 0 aromatic heterocycles. The predicted octanol–water partition coefficient (Wildman–Crippen LogP) is 5.85. The third-order valence-electron chi connectivity index (χ3n) is 3.68. The lowest BCUT2D eigenvalue weighted by Crippen LogP contribution is -2.10. The molecule has 106 valence electrons. The molecule has 0 aliphatic carbocycles. The van der Waals surface area contributed by atoms with E-state index in [-0.39, 0.29) is 5.41 Å². The normalized spacial score (nSPS) is 11.9. The monoisotopic (exact) mass is 266 g/mol. The average molecular weight is 266 g/mol. The molecular weight excluding hydrogens is 240 g/mol. The summed E-state index contributed by atoms with van der Waals surface area (Å²) >= 11 is 0. The first kappa shape index (κ1) is 14.8. The first-order valence-electron chi connectivity index (χ1n) is 7.56. The standard InChI is InChI=1S/C20H26/c1-15(2)14-16-6-8-17(9-7-16)18-10-12-19(13-11-18)20(3,4)5/h6-13,15H,14H2,1-5H3. The van der Waals surface area contributed by atoms with Gasteiger partial charge < -0.3 is 0 Å². The fraction of sp³-hybridized carbons (Fsp3) is 0.400. The second-order valence-electron chi connectivity index (χ2n) is 7.12. The highest BCUT2D eigenvalue weighted by atomic mass is 14.2. The number of rotatable bonds is 3. The smallest absolute Gasteiger partial charge is 0.0132 e. The predicted molar refractivity (Wildman–Crippen MR) is 89.1 cm³/mol. The van der Waals surface area contributed by atoms with E-state index < -0.39 is 0 Å². The van der Waals surface area contributed by atoms with E-state index >= 15 is 0 Å². The number of hydrogen-bond donors (Lipinski definition) is 0. The molecule has 20 heavy (non-hydrogen) atoms. The van der Waals surface area contributed by atoms with Crippen LogP contribution in [0.2, 0.25) is 0 Å². The quantitative estimate of drug-likeness (QED) is 0.653. The van der Waals surface area contributed by atoms with Gasteiger partial charge in [0.25, 0.3) is 0 Å². The first-order valence-corrected chi connectivity index (χ1v) is 7.56. The van der Waals surface area contributed by atoms with Crippen LogP contribution in [-0.2, 0) is 11.8 Å². The Balaban J connectivity index is 2.19.